The molecule has 3 bridgehead atoms. The molecule has 5 atom stereocenters. The number of carbonyl (C=O) groups excluding carboxylic acids is 2. The van der Waals surface area contributed by atoms with Gasteiger partial charge in [-0.3, -0.25) is 4.79 Å². The van der Waals surface area contributed by atoms with Crippen LogP contribution in [0.5, 0.6) is 0 Å². The van der Waals surface area contributed by atoms with E-state index in [1.165, 1.54) is 12.8 Å². The molecule has 1 heterocycles. The molecular formula is C22H25N2O3-. The maximum Gasteiger partial charge on any atom is 0.227 e. The summed E-state index contributed by atoms with van der Waals surface area (Å²) in [6, 6.07) is 6.81. The fourth-order valence-electron chi connectivity index (χ4n) is 6.33. The van der Waals surface area contributed by atoms with Gasteiger partial charge in [0, 0.05) is 23.5 Å². The van der Waals surface area contributed by atoms with Crippen molar-refractivity contribution in [1.29, 1.82) is 0 Å². The predicted molar refractivity (Wildman–Crippen MR) is 99.5 cm³/mol. The first-order valence-electron chi connectivity index (χ1n) is 10.1. The lowest BCUT2D eigenvalue weighted by atomic mass is 9.61. The largest absolute Gasteiger partial charge is 0.548 e. The van der Waals surface area contributed by atoms with Gasteiger partial charge in [0.2, 0.25) is 5.91 Å². The molecule has 27 heavy (non-hydrogen) atoms. The van der Waals surface area contributed by atoms with E-state index in [-0.39, 0.29) is 17.7 Å². The summed E-state index contributed by atoms with van der Waals surface area (Å²) in [6.45, 7) is 0. The van der Waals surface area contributed by atoms with Gasteiger partial charge in [-0.05, 0) is 61.5 Å². The summed E-state index contributed by atoms with van der Waals surface area (Å²) in [4.78, 5) is 28.2. The highest BCUT2D eigenvalue weighted by molar-refractivity contribution is 5.89. The Morgan fingerprint density at radius 1 is 1.19 bits per heavy atom. The predicted octanol–water partition coefficient (Wildman–Crippen LogP) is 2.16. The van der Waals surface area contributed by atoms with Crippen LogP contribution in [0.2, 0.25) is 0 Å². The number of amides is 1. The van der Waals surface area contributed by atoms with Crippen molar-refractivity contribution in [3.8, 4) is 0 Å². The second-order valence-electron chi connectivity index (χ2n) is 8.95. The summed E-state index contributed by atoms with van der Waals surface area (Å²) in [7, 11) is 0. The molecule has 1 aromatic heterocycles. The first kappa shape index (κ1) is 16.8. The molecule has 3 aliphatic carbocycles. The van der Waals surface area contributed by atoms with Gasteiger partial charge in [-0.1, -0.05) is 24.6 Å². The molecule has 2 aromatic rings. The van der Waals surface area contributed by atoms with Crippen molar-refractivity contribution in [3.63, 3.8) is 0 Å². The molecule has 1 aromatic carbocycles. The molecule has 1 amide bonds. The normalized spacial score (nSPS) is 32.5. The minimum Gasteiger partial charge on any atom is -0.548 e. The Kier molecular flexibility index (Phi) is 3.81. The molecule has 5 heteroatoms. The van der Waals surface area contributed by atoms with Crippen molar-refractivity contribution in [2.24, 2.45) is 23.2 Å². The zero-order chi connectivity index (χ0) is 18.6. The van der Waals surface area contributed by atoms with Gasteiger partial charge in [-0.2, -0.15) is 0 Å². The number of hydrogen-bond donors (Lipinski definition) is 2. The van der Waals surface area contributed by atoms with Crippen LogP contribution in [-0.4, -0.2) is 22.9 Å². The number of carboxylic acids is 1. The number of nitrogens with one attached hydrogen (secondary N) is 2. The quantitative estimate of drug-likeness (QED) is 0.851. The van der Waals surface area contributed by atoms with Crippen LogP contribution in [0, 0.1) is 23.2 Å². The van der Waals surface area contributed by atoms with Gasteiger partial charge in [-0.15, -0.1) is 0 Å². The van der Waals surface area contributed by atoms with Crippen molar-refractivity contribution in [3.05, 3.63) is 36.0 Å². The molecule has 142 valence electrons. The molecule has 2 N–H and O–H groups in total. The Morgan fingerprint density at radius 2 is 2.00 bits per heavy atom. The number of carbonyl (C=O) groups is 2. The third kappa shape index (κ3) is 2.67. The summed E-state index contributed by atoms with van der Waals surface area (Å²) in [5.74, 6) is 0.464. The fourth-order valence-corrected chi connectivity index (χ4v) is 6.33. The van der Waals surface area contributed by atoms with Crippen LogP contribution in [0.15, 0.2) is 30.5 Å². The molecule has 0 saturated heterocycles. The van der Waals surface area contributed by atoms with E-state index in [2.05, 4.69) is 10.3 Å². The van der Waals surface area contributed by atoms with Crippen LogP contribution >= 0.6 is 0 Å². The van der Waals surface area contributed by atoms with Crippen molar-refractivity contribution in [2.75, 3.05) is 0 Å². The van der Waals surface area contributed by atoms with E-state index in [9.17, 15) is 14.7 Å². The molecule has 5 rings (SSSR count). The number of benzene rings is 1. The maximum absolute atomic E-state index is 13.3. The zero-order valence-electron chi connectivity index (χ0n) is 15.4. The van der Waals surface area contributed by atoms with Gasteiger partial charge in [0.15, 0.2) is 0 Å². The minimum absolute atomic E-state index is 0.0477. The van der Waals surface area contributed by atoms with Gasteiger partial charge in [0.05, 0.1) is 17.4 Å². The molecule has 0 spiro atoms. The second kappa shape index (κ2) is 6.11. The highest BCUT2D eigenvalue weighted by Gasteiger charge is 2.58. The molecule has 3 aliphatic rings. The Hall–Kier alpha value is -2.30. The van der Waals surface area contributed by atoms with E-state index in [0.717, 1.165) is 42.1 Å². The number of rotatable bonds is 5. The number of aromatic nitrogens is 1. The van der Waals surface area contributed by atoms with Gasteiger partial charge in [0.25, 0.3) is 0 Å². The van der Waals surface area contributed by atoms with E-state index in [1.54, 1.807) is 0 Å². The summed E-state index contributed by atoms with van der Waals surface area (Å²) in [5, 5.41) is 15.7. The fraction of sp³-hybridized carbons (Fsp3) is 0.545. The highest BCUT2D eigenvalue weighted by Crippen LogP contribution is 2.62. The number of hydrogen-bond acceptors (Lipinski definition) is 3. The number of para-hydroxylation sites is 1. The van der Waals surface area contributed by atoms with E-state index in [1.807, 2.05) is 30.5 Å². The smallest absolute Gasteiger partial charge is 0.227 e. The maximum atomic E-state index is 13.3. The first-order chi connectivity index (χ1) is 13.0. The summed E-state index contributed by atoms with van der Waals surface area (Å²) >= 11 is 0. The molecule has 0 unspecified atom stereocenters. The van der Waals surface area contributed by atoms with Gasteiger partial charge < -0.3 is 20.2 Å². The summed E-state index contributed by atoms with van der Waals surface area (Å²) in [6.07, 6.45) is 8.69. The second-order valence-corrected chi connectivity index (χ2v) is 8.95. The highest BCUT2D eigenvalue weighted by atomic mass is 16.4. The molecular weight excluding hydrogens is 340 g/mol. The molecule has 0 radical (unpaired) electrons. The summed E-state index contributed by atoms with van der Waals surface area (Å²) in [5.41, 5.74) is 1.53. The number of fused-ring (bicyclic) bond motifs is 3. The van der Waals surface area contributed by atoms with Crippen molar-refractivity contribution in [1.82, 2.24) is 10.3 Å². The van der Waals surface area contributed by atoms with Crippen LogP contribution in [0.3, 0.4) is 0 Å². The lowest BCUT2D eigenvalue weighted by Gasteiger charge is -2.44. The van der Waals surface area contributed by atoms with Crippen LogP contribution in [-0.2, 0) is 16.0 Å². The minimum atomic E-state index is -1.21. The van der Waals surface area contributed by atoms with Crippen LogP contribution < -0.4 is 10.4 Å². The zero-order valence-corrected chi connectivity index (χ0v) is 15.4. The monoisotopic (exact) mass is 365 g/mol. The Balaban J connectivity index is 1.37. The molecule has 5 nitrogen and oxygen atoms in total. The van der Waals surface area contributed by atoms with Crippen LogP contribution in [0.1, 0.15) is 44.1 Å². The van der Waals surface area contributed by atoms with E-state index >= 15 is 0 Å². The van der Waals surface area contributed by atoms with E-state index in [4.69, 9.17) is 0 Å². The topological polar surface area (TPSA) is 85.0 Å². The Bertz CT molecular complexity index is 904. The number of H-pyrrole nitrogens is 1. The van der Waals surface area contributed by atoms with Crippen molar-refractivity contribution >= 4 is 22.8 Å². The third-order valence-electron chi connectivity index (χ3n) is 7.44. The average molecular weight is 365 g/mol. The lowest BCUT2D eigenvalue weighted by Crippen LogP contribution is -2.55. The van der Waals surface area contributed by atoms with E-state index in [0.29, 0.717) is 17.8 Å². The Labute approximate surface area is 158 Å². The molecule has 3 fully saturated rings. The molecule has 3 saturated carbocycles. The van der Waals surface area contributed by atoms with Crippen LogP contribution in [0.25, 0.3) is 10.9 Å². The average Bonchev–Trinajstić information content (AvgIpc) is 3.12. The molecule has 0 aliphatic heterocycles. The van der Waals surface area contributed by atoms with E-state index < -0.39 is 12.0 Å². The Morgan fingerprint density at radius 3 is 2.85 bits per heavy atom. The summed E-state index contributed by atoms with van der Waals surface area (Å²) < 4.78 is 0. The SMILES string of the molecule is O=C([O-])[C@H](Cc1c[nH]c2ccccc12)NC(=O)[C@]12C[C@@H]3CC[C@@H]1C[C@@H](C3)C2. The van der Waals surface area contributed by atoms with Crippen molar-refractivity contribution < 1.29 is 14.7 Å². The number of aliphatic carboxylic acids is 1. The number of carboxylic acid groups (broad SMARTS) is 1. The standard InChI is InChI=1S/C22H26N2O3/c25-20(26)19(9-15-12-23-18-4-2-1-3-17(15)18)24-21(27)22-10-13-5-6-16(22)8-14(7-13)11-22/h1-4,12-14,16,19,23H,5-11H2,(H,24,27)(H,25,26)/p-1/t13-,14-,16-,19+,22+/m1/s1. The first-order valence-corrected chi connectivity index (χ1v) is 10.1. The van der Waals surface area contributed by atoms with Gasteiger partial charge in [-0.25, -0.2) is 0 Å². The van der Waals surface area contributed by atoms with Crippen LogP contribution in [0.4, 0.5) is 0 Å². The number of aromatic amines is 1. The third-order valence-corrected chi connectivity index (χ3v) is 7.44. The van der Waals surface area contributed by atoms with Gasteiger partial charge in [0.1, 0.15) is 0 Å². The lowest BCUT2D eigenvalue weighted by molar-refractivity contribution is -0.308. The van der Waals surface area contributed by atoms with Gasteiger partial charge >= 0.3 is 0 Å². The van der Waals surface area contributed by atoms with Crippen molar-refractivity contribution in [2.45, 2.75) is 51.0 Å².